The molecule has 1 aromatic heterocycles. The molecule has 0 aliphatic rings. The van der Waals surface area contributed by atoms with Gasteiger partial charge in [-0.15, -0.1) is 0 Å². The number of aryl methyl sites for hydroxylation is 2. The van der Waals surface area contributed by atoms with Gasteiger partial charge < -0.3 is 15.5 Å². The van der Waals surface area contributed by atoms with E-state index in [1.165, 1.54) is 6.07 Å². The summed E-state index contributed by atoms with van der Waals surface area (Å²) in [5.74, 6) is -0.741. The summed E-state index contributed by atoms with van der Waals surface area (Å²) < 4.78 is 0. The Morgan fingerprint density at radius 2 is 1.80 bits per heavy atom. The molecular weight excluding hydrogens is 260 g/mol. The number of aromatic amines is 1. The summed E-state index contributed by atoms with van der Waals surface area (Å²) in [6, 6.07) is 5.44. The maximum absolute atomic E-state index is 12.0. The molecule has 0 bridgehead atoms. The van der Waals surface area contributed by atoms with Crippen molar-refractivity contribution in [2.75, 3.05) is 5.32 Å². The lowest BCUT2D eigenvalue weighted by atomic mass is 10.1. The van der Waals surface area contributed by atoms with Gasteiger partial charge in [0, 0.05) is 17.8 Å². The second-order valence-electron chi connectivity index (χ2n) is 4.53. The molecule has 2 aromatic rings. The first-order valence-electron chi connectivity index (χ1n) is 5.91. The molecule has 4 N–H and O–H groups in total. The molecule has 0 unspecified atom stereocenters. The number of aromatic hydroxyl groups is 2. The monoisotopic (exact) mass is 274 g/mol. The Morgan fingerprint density at radius 1 is 1.10 bits per heavy atom. The molecule has 6 heteroatoms. The molecular formula is C14H14N2O4. The number of phenols is 1. The Kier molecular flexibility index (Phi) is 3.47. The summed E-state index contributed by atoms with van der Waals surface area (Å²) in [6.07, 6.45) is 0. The third-order valence-electron chi connectivity index (χ3n) is 2.88. The fourth-order valence-corrected chi connectivity index (χ4v) is 1.79. The smallest absolute Gasteiger partial charge is 0.256 e. The summed E-state index contributed by atoms with van der Waals surface area (Å²) in [4.78, 5) is 25.4. The topological polar surface area (TPSA) is 102 Å². The number of hydrogen-bond acceptors (Lipinski definition) is 4. The van der Waals surface area contributed by atoms with Crippen LogP contribution in [-0.4, -0.2) is 21.1 Å². The molecule has 0 saturated carbocycles. The van der Waals surface area contributed by atoms with Gasteiger partial charge in [-0.05, 0) is 37.1 Å². The van der Waals surface area contributed by atoms with E-state index in [0.29, 0.717) is 16.8 Å². The Bertz CT molecular complexity index is 734. The van der Waals surface area contributed by atoms with Gasteiger partial charge in [0.25, 0.3) is 11.5 Å². The molecule has 20 heavy (non-hydrogen) atoms. The Morgan fingerprint density at radius 3 is 2.45 bits per heavy atom. The summed E-state index contributed by atoms with van der Waals surface area (Å²) in [6.45, 7) is 3.45. The number of pyridine rings is 1. The molecule has 0 aliphatic carbocycles. The summed E-state index contributed by atoms with van der Waals surface area (Å²) >= 11 is 0. The molecule has 1 heterocycles. The fourth-order valence-electron chi connectivity index (χ4n) is 1.79. The first-order chi connectivity index (χ1) is 9.36. The van der Waals surface area contributed by atoms with Crippen LogP contribution in [0, 0.1) is 13.8 Å². The van der Waals surface area contributed by atoms with E-state index in [0.717, 1.165) is 6.07 Å². The zero-order valence-electron chi connectivity index (χ0n) is 11.0. The van der Waals surface area contributed by atoms with Crippen molar-refractivity contribution >= 4 is 11.6 Å². The zero-order chi connectivity index (χ0) is 14.9. The quantitative estimate of drug-likeness (QED) is 0.625. The van der Waals surface area contributed by atoms with Gasteiger partial charge in [0.2, 0.25) is 0 Å². The number of hydrogen-bond donors (Lipinski definition) is 4. The van der Waals surface area contributed by atoms with Crippen LogP contribution in [0.1, 0.15) is 21.5 Å². The lowest BCUT2D eigenvalue weighted by molar-refractivity contribution is 0.102. The number of nitrogens with one attached hydrogen (secondary N) is 2. The molecule has 0 spiro atoms. The molecule has 0 aliphatic heterocycles. The number of H-pyrrole nitrogens is 1. The van der Waals surface area contributed by atoms with Crippen LogP contribution in [0.25, 0.3) is 0 Å². The number of amides is 1. The summed E-state index contributed by atoms with van der Waals surface area (Å²) in [7, 11) is 0. The SMILES string of the molecule is Cc1cc(NC(=O)c2cc(O)[nH]c(=O)c2)c(C)cc1O. The van der Waals surface area contributed by atoms with E-state index in [4.69, 9.17) is 0 Å². The van der Waals surface area contributed by atoms with Crippen LogP contribution in [-0.2, 0) is 0 Å². The number of rotatable bonds is 2. The number of phenolic OH excluding ortho intramolecular Hbond substituents is 1. The second kappa shape index (κ2) is 5.08. The fraction of sp³-hybridized carbons (Fsp3) is 0.143. The molecule has 1 aromatic carbocycles. The van der Waals surface area contributed by atoms with Crippen LogP contribution in [0.5, 0.6) is 11.6 Å². The molecule has 6 nitrogen and oxygen atoms in total. The van der Waals surface area contributed by atoms with Crippen LogP contribution in [0.4, 0.5) is 5.69 Å². The van der Waals surface area contributed by atoms with E-state index in [-0.39, 0.29) is 17.2 Å². The van der Waals surface area contributed by atoms with Gasteiger partial charge in [0.1, 0.15) is 5.75 Å². The van der Waals surface area contributed by atoms with Crippen molar-refractivity contribution in [3.8, 4) is 11.6 Å². The van der Waals surface area contributed by atoms with Crippen molar-refractivity contribution in [2.24, 2.45) is 0 Å². The number of carbonyl (C=O) groups excluding carboxylic acids is 1. The summed E-state index contributed by atoms with van der Waals surface area (Å²) in [5, 5.41) is 21.5. The standard InChI is InChI=1S/C14H14N2O4/c1-7-4-11(17)8(2)3-10(7)15-14(20)9-5-12(18)16-13(19)6-9/h3-6,17H,1-2H3,(H,15,20)(H2,16,18,19). The van der Waals surface area contributed by atoms with Crippen LogP contribution in [0.15, 0.2) is 29.1 Å². The third kappa shape index (κ3) is 2.80. The van der Waals surface area contributed by atoms with Crippen LogP contribution in [0.3, 0.4) is 0 Å². The van der Waals surface area contributed by atoms with Crippen molar-refractivity contribution in [2.45, 2.75) is 13.8 Å². The van der Waals surface area contributed by atoms with Crippen LogP contribution < -0.4 is 10.9 Å². The van der Waals surface area contributed by atoms with Crippen molar-refractivity contribution in [3.63, 3.8) is 0 Å². The molecule has 0 radical (unpaired) electrons. The highest BCUT2D eigenvalue weighted by atomic mass is 16.3. The largest absolute Gasteiger partial charge is 0.508 e. The zero-order valence-corrected chi connectivity index (χ0v) is 11.0. The van der Waals surface area contributed by atoms with Gasteiger partial charge >= 0.3 is 0 Å². The van der Waals surface area contributed by atoms with E-state index in [1.54, 1.807) is 26.0 Å². The number of carbonyl (C=O) groups is 1. The summed E-state index contributed by atoms with van der Waals surface area (Å²) in [5.41, 5.74) is 1.34. The average Bonchev–Trinajstić information content (AvgIpc) is 2.34. The minimum absolute atomic E-state index is 0.0522. The van der Waals surface area contributed by atoms with Gasteiger partial charge in [0.05, 0.1) is 5.56 Å². The number of benzene rings is 1. The Labute approximate surface area is 114 Å². The van der Waals surface area contributed by atoms with E-state index >= 15 is 0 Å². The highest BCUT2D eigenvalue weighted by Crippen LogP contribution is 2.25. The van der Waals surface area contributed by atoms with E-state index in [2.05, 4.69) is 10.3 Å². The molecule has 2 rings (SSSR count). The van der Waals surface area contributed by atoms with Gasteiger partial charge in [-0.3, -0.25) is 14.6 Å². The van der Waals surface area contributed by atoms with Gasteiger partial charge in [0.15, 0.2) is 5.88 Å². The molecule has 1 amide bonds. The predicted molar refractivity (Wildman–Crippen MR) is 74.3 cm³/mol. The molecule has 0 saturated heterocycles. The lowest BCUT2D eigenvalue weighted by Gasteiger charge is -2.10. The van der Waals surface area contributed by atoms with Crippen molar-refractivity contribution in [1.82, 2.24) is 4.98 Å². The third-order valence-corrected chi connectivity index (χ3v) is 2.88. The van der Waals surface area contributed by atoms with E-state index in [1.807, 2.05) is 0 Å². The van der Waals surface area contributed by atoms with Crippen molar-refractivity contribution < 1.29 is 15.0 Å². The minimum atomic E-state index is -0.561. The average molecular weight is 274 g/mol. The maximum atomic E-state index is 12.0. The van der Waals surface area contributed by atoms with Gasteiger partial charge in [-0.25, -0.2) is 0 Å². The van der Waals surface area contributed by atoms with E-state index < -0.39 is 11.5 Å². The van der Waals surface area contributed by atoms with Crippen LogP contribution in [0.2, 0.25) is 0 Å². The predicted octanol–water partition coefficient (Wildman–Crippen LogP) is 1.66. The number of aromatic nitrogens is 1. The van der Waals surface area contributed by atoms with Crippen molar-refractivity contribution in [1.29, 1.82) is 0 Å². The minimum Gasteiger partial charge on any atom is -0.508 e. The maximum Gasteiger partial charge on any atom is 0.256 e. The molecule has 0 fully saturated rings. The Balaban J connectivity index is 2.32. The number of anilines is 1. The first kappa shape index (κ1) is 13.7. The highest BCUT2D eigenvalue weighted by Gasteiger charge is 2.11. The van der Waals surface area contributed by atoms with Gasteiger partial charge in [-0.2, -0.15) is 0 Å². The van der Waals surface area contributed by atoms with E-state index in [9.17, 15) is 19.8 Å². The second-order valence-corrected chi connectivity index (χ2v) is 4.53. The van der Waals surface area contributed by atoms with Crippen molar-refractivity contribution in [3.05, 3.63) is 51.3 Å². The van der Waals surface area contributed by atoms with Crippen LogP contribution >= 0.6 is 0 Å². The molecule has 0 atom stereocenters. The normalized spacial score (nSPS) is 10.3. The first-order valence-corrected chi connectivity index (χ1v) is 5.91. The Hall–Kier alpha value is -2.76. The van der Waals surface area contributed by atoms with Gasteiger partial charge in [-0.1, -0.05) is 0 Å². The lowest BCUT2D eigenvalue weighted by Crippen LogP contribution is -2.16. The molecule has 104 valence electrons. The highest BCUT2D eigenvalue weighted by molar-refractivity contribution is 6.04.